The minimum atomic E-state index is 0.885. The van der Waals surface area contributed by atoms with E-state index in [4.69, 9.17) is 0 Å². The van der Waals surface area contributed by atoms with Crippen LogP contribution in [-0.2, 0) is 0 Å². The molecule has 0 spiro atoms. The standard InChI is InChI=1S/C11H19N/c1-10-4-6-11(7-5-10)12-8-2-3-9-12/h4,11H,2-3,5-9H2,1H3. The van der Waals surface area contributed by atoms with Crippen LogP contribution < -0.4 is 0 Å². The fourth-order valence-electron chi connectivity index (χ4n) is 2.39. The Hall–Kier alpha value is -0.300. The van der Waals surface area contributed by atoms with Crippen molar-refractivity contribution in [3.63, 3.8) is 0 Å². The monoisotopic (exact) mass is 165 g/mol. The first-order valence-electron chi connectivity index (χ1n) is 5.26. The van der Waals surface area contributed by atoms with Crippen LogP contribution in [0.5, 0.6) is 0 Å². The van der Waals surface area contributed by atoms with E-state index in [0.717, 1.165) is 6.04 Å². The van der Waals surface area contributed by atoms with E-state index in [1.54, 1.807) is 5.57 Å². The van der Waals surface area contributed by atoms with Crippen LogP contribution in [0.2, 0.25) is 0 Å². The number of allylic oxidation sites excluding steroid dienone is 1. The average molecular weight is 165 g/mol. The lowest BCUT2D eigenvalue weighted by atomic mass is 9.95. The summed E-state index contributed by atoms with van der Waals surface area (Å²) < 4.78 is 0. The number of likely N-dealkylation sites (tertiary alicyclic amines) is 1. The Morgan fingerprint density at radius 2 is 2.08 bits per heavy atom. The minimum absolute atomic E-state index is 0.885. The summed E-state index contributed by atoms with van der Waals surface area (Å²) in [6, 6.07) is 0.885. The highest BCUT2D eigenvalue weighted by Crippen LogP contribution is 2.24. The molecular formula is C11H19N. The zero-order valence-electron chi connectivity index (χ0n) is 8.05. The molecule has 0 amide bonds. The molecule has 0 bridgehead atoms. The Morgan fingerprint density at radius 3 is 2.67 bits per heavy atom. The smallest absolute Gasteiger partial charge is 0.0133 e. The van der Waals surface area contributed by atoms with Crippen LogP contribution in [-0.4, -0.2) is 24.0 Å². The minimum Gasteiger partial charge on any atom is -0.300 e. The van der Waals surface area contributed by atoms with Crippen LogP contribution >= 0.6 is 0 Å². The van der Waals surface area contributed by atoms with Gasteiger partial charge in [0.1, 0.15) is 0 Å². The molecule has 12 heavy (non-hydrogen) atoms. The lowest BCUT2D eigenvalue weighted by molar-refractivity contribution is 0.226. The molecule has 1 heterocycles. The van der Waals surface area contributed by atoms with E-state index in [9.17, 15) is 0 Å². The molecule has 1 aliphatic heterocycles. The highest BCUT2D eigenvalue weighted by atomic mass is 15.2. The molecule has 1 saturated heterocycles. The lowest BCUT2D eigenvalue weighted by Crippen LogP contribution is -2.33. The van der Waals surface area contributed by atoms with Gasteiger partial charge in [0.2, 0.25) is 0 Å². The number of hydrogen-bond acceptors (Lipinski definition) is 1. The molecule has 1 unspecified atom stereocenters. The van der Waals surface area contributed by atoms with Gasteiger partial charge in [-0.3, -0.25) is 0 Å². The Morgan fingerprint density at radius 1 is 1.33 bits per heavy atom. The van der Waals surface area contributed by atoms with Crippen LogP contribution in [0.25, 0.3) is 0 Å². The molecule has 68 valence electrons. The first kappa shape index (κ1) is 8.31. The highest BCUT2D eigenvalue weighted by molar-refractivity contribution is 5.05. The predicted octanol–water partition coefficient (Wildman–Crippen LogP) is 2.58. The molecule has 1 fully saturated rings. The van der Waals surface area contributed by atoms with E-state index in [1.807, 2.05) is 0 Å². The molecule has 1 heteroatoms. The van der Waals surface area contributed by atoms with Crippen molar-refractivity contribution in [3.8, 4) is 0 Å². The molecule has 0 saturated carbocycles. The summed E-state index contributed by atoms with van der Waals surface area (Å²) in [5.74, 6) is 0. The van der Waals surface area contributed by atoms with Gasteiger partial charge in [0, 0.05) is 6.04 Å². The summed E-state index contributed by atoms with van der Waals surface area (Å²) in [5, 5.41) is 0. The van der Waals surface area contributed by atoms with Crippen LogP contribution in [0, 0.1) is 0 Å². The van der Waals surface area contributed by atoms with E-state index in [0.29, 0.717) is 0 Å². The third-order valence-electron chi connectivity index (χ3n) is 3.27. The van der Waals surface area contributed by atoms with Crippen LogP contribution in [0.15, 0.2) is 11.6 Å². The van der Waals surface area contributed by atoms with Gasteiger partial charge in [-0.25, -0.2) is 0 Å². The molecule has 0 aromatic carbocycles. The van der Waals surface area contributed by atoms with Crippen LogP contribution in [0.3, 0.4) is 0 Å². The summed E-state index contributed by atoms with van der Waals surface area (Å²) >= 11 is 0. The van der Waals surface area contributed by atoms with E-state index in [-0.39, 0.29) is 0 Å². The Bertz CT molecular complexity index is 177. The van der Waals surface area contributed by atoms with E-state index in [2.05, 4.69) is 17.9 Å². The summed E-state index contributed by atoms with van der Waals surface area (Å²) in [5.41, 5.74) is 1.60. The van der Waals surface area contributed by atoms with Gasteiger partial charge in [-0.1, -0.05) is 11.6 Å². The van der Waals surface area contributed by atoms with E-state index < -0.39 is 0 Å². The fraction of sp³-hybridized carbons (Fsp3) is 0.818. The Labute approximate surface area is 75.4 Å². The fourth-order valence-corrected chi connectivity index (χ4v) is 2.39. The van der Waals surface area contributed by atoms with Gasteiger partial charge in [0.15, 0.2) is 0 Å². The van der Waals surface area contributed by atoms with E-state index >= 15 is 0 Å². The first-order valence-corrected chi connectivity index (χ1v) is 5.26. The quantitative estimate of drug-likeness (QED) is 0.540. The third-order valence-corrected chi connectivity index (χ3v) is 3.27. The van der Waals surface area contributed by atoms with Crippen molar-refractivity contribution in [2.45, 2.75) is 45.1 Å². The second kappa shape index (κ2) is 3.61. The molecule has 2 aliphatic rings. The van der Waals surface area contributed by atoms with Crippen molar-refractivity contribution < 1.29 is 0 Å². The molecule has 2 rings (SSSR count). The zero-order chi connectivity index (χ0) is 8.39. The third kappa shape index (κ3) is 1.71. The van der Waals surface area contributed by atoms with Gasteiger partial charge in [0.05, 0.1) is 0 Å². The summed E-state index contributed by atoms with van der Waals surface area (Å²) in [6.07, 6.45) is 9.35. The van der Waals surface area contributed by atoms with Crippen molar-refractivity contribution >= 4 is 0 Å². The van der Waals surface area contributed by atoms with Crippen LogP contribution in [0.4, 0.5) is 0 Å². The summed E-state index contributed by atoms with van der Waals surface area (Å²) in [6.45, 7) is 4.98. The van der Waals surface area contributed by atoms with Crippen LogP contribution in [0.1, 0.15) is 39.0 Å². The topological polar surface area (TPSA) is 3.24 Å². The van der Waals surface area contributed by atoms with Crippen molar-refractivity contribution in [2.75, 3.05) is 13.1 Å². The summed E-state index contributed by atoms with van der Waals surface area (Å²) in [4.78, 5) is 2.68. The molecule has 0 N–H and O–H groups in total. The van der Waals surface area contributed by atoms with Gasteiger partial charge < -0.3 is 4.90 Å². The van der Waals surface area contributed by atoms with E-state index in [1.165, 1.54) is 45.2 Å². The number of rotatable bonds is 1. The molecular weight excluding hydrogens is 146 g/mol. The van der Waals surface area contributed by atoms with Crippen molar-refractivity contribution in [2.24, 2.45) is 0 Å². The second-order valence-corrected chi connectivity index (χ2v) is 4.22. The van der Waals surface area contributed by atoms with Gasteiger partial charge in [0.25, 0.3) is 0 Å². The molecule has 1 aliphatic carbocycles. The first-order chi connectivity index (χ1) is 5.86. The van der Waals surface area contributed by atoms with Crippen molar-refractivity contribution in [3.05, 3.63) is 11.6 Å². The molecule has 0 aromatic heterocycles. The second-order valence-electron chi connectivity index (χ2n) is 4.22. The maximum atomic E-state index is 2.68. The Kier molecular flexibility index (Phi) is 2.50. The van der Waals surface area contributed by atoms with Crippen molar-refractivity contribution in [1.29, 1.82) is 0 Å². The lowest BCUT2D eigenvalue weighted by Gasteiger charge is -2.29. The molecule has 0 radical (unpaired) electrons. The van der Waals surface area contributed by atoms with Gasteiger partial charge >= 0.3 is 0 Å². The van der Waals surface area contributed by atoms with Gasteiger partial charge in [-0.2, -0.15) is 0 Å². The van der Waals surface area contributed by atoms with Gasteiger partial charge in [-0.05, 0) is 52.1 Å². The van der Waals surface area contributed by atoms with Crippen molar-refractivity contribution in [1.82, 2.24) is 4.90 Å². The highest BCUT2D eigenvalue weighted by Gasteiger charge is 2.22. The van der Waals surface area contributed by atoms with Gasteiger partial charge in [-0.15, -0.1) is 0 Å². The molecule has 1 atom stereocenters. The summed E-state index contributed by atoms with van der Waals surface area (Å²) in [7, 11) is 0. The SMILES string of the molecule is CC1=CCC(N2CCCC2)CC1. The normalized spacial score (nSPS) is 32.1. The largest absolute Gasteiger partial charge is 0.300 e. The zero-order valence-corrected chi connectivity index (χ0v) is 8.05. The average Bonchev–Trinajstić information content (AvgIpc) is 2.58. The number of hydrogen-bond donors (Lipinski definition) is 0. The maximum Gasteiger partial charge on any atom is 0.0133 e. The molecule has 1 nitrogen and oxygen atoms in total. The predicted molar refractivity (Wildman–Crippen MR) is 52.2 cm³/mol. The molecule has 0 aromatic rings. The maximum absolute atomic E-state index is 2.68. The Balaban J connectivity index is 1.89. The number of nitrogens with zero attached hydrogens (tertiary/aromatic N) is 1.